The quantitative estimate of drug-likeness (QED) is 0.708. The molecule has 1 spiro atoms. The van der Waals surface area contributed by atoms with Gasteiger partial charge in [-0.3, -0.25) is 9.79 Å². The summed E-state index contributed by atoms with van der Waals surface area (Å²) in [7, 11) is 0. The molecule has 0 bridgehead atoms. The standard InChI is InChI=1S/C16H11F7N2O/c1-9-13(8-24-11-5-3-2-4-10(11)13)6-7-25(9)12(26)14(17,18)15(19,20)16(21,22)23/h2-5,8H,1,6-7H2. The van der Waals surface area contributed by atoms with E-state index in [-0.39, 0.29) is 17.0 Å². The van der Waals surface area contributed by atoms with E-state index in [2.05, 4.69) is 11.6 Å². The molecule has 0 radical (unpaired) electrons. The second-order valence-corrected chi connectivity index (χ2v) is 6.05. The van der Waals surface area contributed by atoms with E-state index in [0.717, 1.165) is 0 Å². The fourth-order valence-corrected chi connectivity index (χ4v) is 3.16. The van der Waals surface area contributed by atoms with Crippen molar-refractivity contribution in [2.45, 2.75) is 29.9 Å². The lowest BCUT2D eigenvalue weighted by molar-refractivity contribution is -0.345. The molecule has 0 N–H and O–H groups in total. The van der Waals surface area contributed by atoms with Crippen molar-refractivity contribution in [3.63, 3.8) is 0 Å². The average molecular weight is 380 g/mol. The highest BCUT2D eigenvalue weighted by Gasteiger charge is 2.77. The molecule has 0 aromatic heterocycles. The van der Waals surface area contributed by atoms with Gasteiger partial charge in [0.05, 0.1) is 11.1 Å². The lowest BCUT2D eigenvalue weighted by Gasteiger charge is -2.32. The summed E-state index contributed by atoms with van der Waals surface area (Å²) in [5, 5.41) is 0. The van der Waals surface area contributed by atoms with Crippen LogP contribution in [0, 0.1) is 0 Å². The number of hydrogen-bond acceptors (Lipinski definition) is 2. The minimum absolute atomic E-state index is 0.00818. The number of hydrogen-bond donors (Lipinski definition) is 0. The number of amides is 1. The molecule has 1 saturated heterocycles. The Morgan fingerprint density at radius 2 is 1.73 bits per heavy atom. The maximum absolute atomic E-state index is 13.8. The van der Waals surface area contributed by atoms with Gasteiger partial charge in [0.1, 0.15) is 0 Å². The van der Waals surface area contributed by atoms with E-state index in [1.54, 1.807) is 24.3 Å². The van der Waals surface area contributed by atoms with Gasteiger partial charge >= 0.3 is 23.9 Å². The highest BCUT2D eigenvalue weighted by molar-refractivity contribution is 5.94. The number of nitrogens with zero attached hydrogens (tertiary/aromatic N) is 2. The molecule has 2 heterocycles. The van der Waals surface area contributed by atoms with E-state index in [9.17, 15) is 35.5 Å². The van der Waals surface area contributed by atoms with Crippen molar-refractivity contribution in [2.75, 3.05) is 6.54 Å². The summed E-state index contributed by atoms with van der Waals surface area (Å²) in [6.07, 6.45) is -5.24. The maximum atomic E-state index is 13.8. The van der Waals surface area contributed by atoms with E-state index < -0.39 is 35.9 Å². The minimum atomic E-state index is -6.58. The first kappa shape index (κ1) is 18.4. The summed E-state index contributed by atoms with van der Waals surface area (Å²) in [5.74, 6) is -15.1. The van der Waals surface area contributed by atoms with Crippen molar-refractivity contribution >= 4 is 17.8 Å². The van der Waals surface area contributed by atoms with Crippen molar-refractivity contribution in [3.05, 3.63) is 42.1 Å². The fourth-order valence-electron chi connectivity index (χ4n) is 3.16. The number of para-hydroxylation sites is 1. The Hall–Kier alpha value is -2.39. The molecule has 3 rings (SSSR count). The number of carbonyl (C=O) groups excluding carboxylic acids is 1. The zero-order valence-electron chi connectivity index (χ0n) is 13.0. The second kappa shape index (κ2) is 5.31. The summed E-state index contributed by atoms with van der Waals surface area (Å²) >= 11 is 0. The van der Waals surface area contributed by atoms with Crippen LogP contribution in [0.15, 0.2) is 41.5 Å². The van der Waals surface area contributed by atoms with Crippen LogP contribution in [-0.4, -0.2) is 41.6 Å². The Morgan fingerprint density at radius 1 is 1.12 bits per heavy atom. The van der Waals surface area contributed by atoms with Gasteiger partial charge in [-0.15, -0.1) is 0 Å². The van der Waals surface area contributed by atoms with Crippen LogP contribution in [0.2, 0.25) is 0 Å². The van der Waals surface area contributed by atoms with E-state index in [1.165, 1.54) is 6.21 Å². The number of fused-ring (bicyclic) bond motifs is 2. The van der Waals surface area contributed by atoms with Crippen molar-refractivity contribution in [1.82, 2.24) is 4.90 Å². The fraction of sp³-hybridized carbons (Fsp3) is 0.375. The maximum Gasteiger partial charge on any atom is 0.460 e. The molecule has 1 fully saturated rings. The van der Waals surface area contributed by atoms with Crippen LogP contribution in [0.3, 0.4) is 0 Å². The molecule has 1 aromatic carbocycles. The number of halogens is 7. The lowest BCUT2D eigenvalue weighted by Crippen LogP contribution is -2.59. The van der Waals surface area contributed by atoms with Crippen molar-refractivity contribution in [3.8, 4) is 0 Å². The van der Waals surface area contributed by atoms with E-state index in [0.29, 0.717) is 11.3 Å². The van der Waals surface area contributed by atoms with Crippen LogP contribution in [0.25, 0.3) is 0 Å². The summed E-state index contributed by atoms with van der Waals surface area (Å²) in [6, 6.07) is 6.50. The number of alkyl halides is 7. The van der Waals surface area contributed by atoms with Gasteiger partial charge in [-0.05, 0) is 18.1 Å². The van der Waals surface area contributed by atoms with Gasteiger partial charge in [-0.25, -0.2) is 0 Å². The third-order valence-electron chi connectivity index (χ3n) is 4.64. The summed E-state index contributed by atoms with van der Waals surface area (Å²) in [6.45, 7) is 3.02. The SMILES string of the molecule is C=C1N(C(=O)C(F)(F)C(F)(F)C(F)(F)F)CCC12C=Nc1ccccc12. The molecule has 2 aliphatic heterocycles. The van der Waals surface area contributed by atoms with Gasteiger partial charge < -0.3 is 4.90 Å². The number of aliphatic imine (C=N–C) groups is 1. The van der Waals surface area contributed by atoms with E-state index >= 15 is 0 Å². The first-order valence-corrected chi connectivity index (χ1v) is 7.35. The van der Waals surface area contributed by atoms with Crippen LogP contribution in [0.4, 0.5) is 36.4 Å². The molecular formula is C16H11F7N2O. The minimum Gasteiger partial charge on any atom is -0.310 e. The monoisotopic (exact) mass is 380 g/mol. The van der Waals surface area contributed by atoms with Gasteiger partial charge in [-0.2, -0.15) is 30.7 Å². The number of likely N-dealkylation sites (tertiary alicyclic amines) is 1. The Labute approximate surface area is 142 Å². The van der Waals surface area contributed by atoms with E-state index in [4.69, 9.17) is 0 Å². The zero-order valence-corrected chi connectivity index (χ0v) is 13.0. The third-order valence-corrected chi connectivity index (χ3v) is 4.64. The summed E-state index contributed by atoms with van der Waals surface area (Å²) in [4.78, 5) is 16.2. The predicted molar refractivity (Wildman–Crippen MR) is 77.7 cm³/mol. The van der Waals surface area contributed by atoms with E-state index in [1.807, 2.05) is 0 Å². The smallest absolute Gasteiger partial charge is 0.310 e. The zero-order chi connectivity index (χ0) is 19.5. The van der Waals surface area contributed by atoms with Gasteiger partial charge in [0, 0.05) is 18.5 Å². The Kier molecular flexibility index (Phi) is 3.76. The lowest BCUT2D eigenvalue weighted by atomic mass is 9.79. The molecule has 140 valence electrons. The first-order valence-electron chi connectivity index (χ1n) is 7.35. The van der Waals surface area contributed by atoms with Crippen molar-refractivity contribution in [1.29, 1.82) is 0 Å². The van der Waals surface area contributed by atoms with Crippen LogP contribution in [0.1, 0.15) is 12.0 Å². The van der Waals surface area contributed by atoms with Crippen molar-refractivity contribution < 1.29 is 35.5 Å². The molecule has 2 aliphatic rings. The Balaban J connectivity index is 1.95. The largest absolute Gasteiger partial charge is 0.460 e. The highest BCUT2D eigenvalue weighted by atomic mass is 19.4. The van der Waals surface area contributed by atoms with Crippen LogP contribution < -0.4 is 0 Å². The number of carbonyl (C=O) groups is 1. The number of rotatable bonds is 2. The highest BCUT2D eigenvalue weighted by Crippen LogP contribution is 2.52. The number of benzene rings is 1. The molecule has 10 heteroatoms. The molecule has 1 unspecified atom stereocenters. The number of allylic oxidation sites excluding steroid dienone is 1. The molecule has 26 heavy (non-hydrogen) atoms. The normalized spacial score (nSPS) is 23.0. The predicted octanol–water partition coefficient (Wildman–Crippen LogP) is 4.22. The van der Waals surface area contributed by atoms with Gasteiger partial charge in [-0.1, -0.05) is 24.8 Å². The average Bonchev–Trinajstić information content (AvgIpc) is 3.09. The van der Waals surface area contributed by atoms with Gasteiger partial charge in [0.2, 0.25) is 0 Å². The van der Waals surface area contributed by atoms with Gasteiger partial charge in [0.15, 0.2) is 0 Å². The van der Waals surface area contributed by atoms with Crippen LogP contribution in [-0.2, 0) is 10.2 Å². The molecule has 1 atom stereocenters. The Bertz CT molecular complexity index is 815. The van der Waals surface area contributed by atoms with Gasteiger partial charge in [0.25, 0.3) is 0 Å². The summed E-state index contributed by atoms with van der Waals surface area (Å²) in [5.41, 5.74) is -0.495. The van der Waals surface area contributed by atoms with Crippen LogP contribution in [0.5, 0.6) is 0 Å². The molecule has 0 saturated carbocycles. The molecule has 1 aromatic rings. The first-order chi connectivity index (χ1) is 11.9. The summed E-state index contributed by atoms with van der Waals surface area (Å²) < 4.78 is 90.8. The second-order valence-electron chi connectivity index (χ2n) is 6.05. The molecule has 0 aliphatic carbocycles. The van der Waals surface area contributed by atoms with Crippen molar-refractivity contribution in [2.24, 2.45) is 4.99 Å². The Morgan fingerprint density at radius 3 is 2.35 bits per heavy atom. The van der Waals surface area contributed by atoms with Crippen LogP contribution >= 0.6 is 0 Å². The topological polar surface area (TPSA) is 32.7 Å². The molecule has 1 amide bonds. The third kappa shape index (κ3) is 2.20. The molecule has 3 nitrogen and oxygen atoms in total. The molecular weight excluding hydrogens is 369 g/mol.